The lowest BCUT2D eigenvalue weighted by molar-refractivity contribution is -0.155. The Hall–Kier alpha value is -2.35. The molecule has 3 rings (SSSR count). The van der Waals surface area contributed by atoms with E-state index in [9.17, 15) is 19.2 Å². The van der Waals surface area contributed by atoms with Crippen molar-refractivity contribution in [3.63, 3.8) is 0 Å². The second-order valence-electron chi connectivity index (χ2n) is 7.23. The molecular formula is C21H26N2O5S. The van der Waals surface area contributed by atoms with Gasteiger partial charge in [0.05, 0.1) is 11.1 Å². The number of imide groups is 1. The predicted octanol–water partition coefficient (Wildman–Crippen LogP) is 2.35. The van der Waals surface area contributed by atoms with Gasteiger partial charge in [0.2, 0.25) is 0 Å². The molecule has 1 fully saturated rings. The van der Waals surface area contributed by atoms with Crippen molar-refractivity contribution in [2.75, 3.05) is 31.7 Å². The number of nitrogens with zero attached hydrogens (tertiary/aromatic N) is 2. The summed E-state index contributed by atoms with van der Waals surface area (Å²) in [5.41, 5.74) is 0.584. The molecule has 0 aliphatic carbocycles. The molecule has 2 heterocycles. The Labute approximate surface area is 174 Å². The highest BCUT2D eigenvalue weighted by atomic mass is 32.2. The number of rotatable bonds is 7. The molecule has 1 unspecified atom stereocenters. The van der Waals surface area contributed by atoms with Crippen LogP contribution in [0.1, 0.15) is 52.8 Å². The van der Waals surface area contributed by atoms with Crippen LogP contribution in [0.3, 0.4) is 0 Å². The molecule has 0 radical (unpaired) electrons. The van der Waals surface area contributed by atoms with Gasteiger partial charge in [-0.25, -0.2) is 4.79 Å². The number of amides is 3. The number of ether oxygens (including phenoxy) is 1. The monoisotopic (exact) mass is 418 g/mol. The van der Waals surface area contributed by atoms with Crippen molar-refractivity contribution in [3.8, 4) is 0 Å². The molecule has 1 atom stereocenters. The van der Waals surface area contributed by atoms with Gasteiger partial charge in [0, 0.05) is 13.1 Å². The lowest BCUT2D eigenvalue weighted by Gasteiger charge is -2.25. The van der Waals surface area contributed by atoms with E-state index in [-0.39, 0.29) is 18.9 Å². The molecule has 0 spiro atoms. The van der Waals surface area contributed by atoms with Gasteiger partial charge in [-0.1, -0.05) is 25.0 Å². The zero-order valence-electron chi connectivity index (χ0n) is 16.6. The molecule has 7 nitrogen and oxygen atoms in total. The zero-order valence-corrected chi connectivity index (χ0v) is 17.4. The smallest absolute Gasteiger partial charge is 0.329 e. The maximum atomic E-state index is 12.8. The van der Waals surface area contributed by atoms with E-state index in [2.05, 4.69) is 0 Å². The first-order valence-electron chi connectivity index (χ1n) is 9.95. The molecule has 2 aliphatic rings. The van der Waals surface area contributed by atoms with Gasteiger partial charge in [-0.15, -0.1) is 0 Å². The first-order chi connectivity index (χ1) is 14.0. The van der Waals surface area contributed by atoms with Crippen LogP contribution in [0.4, 0.5) is 0 Å². The Morgan fingerprint density at radius 3 is 2.17 bits per heavy atom. The molecule has 8 heteroatoms. The number of likely N-dealkylation sites (tertiary alicyclic amines) is 1. The number of benzene rings is 1. The van der Waals surface area contributed by atoms with E-state index in [1.807, 2.05) is 6.26 Å². The fourth-order valence-corrected chi connectivity index (χ4v) is 4.17. The van der Waals surface area contributed by atoms with Gasteiger partial charge < -0.3 is 9.64 Å². The average molecular weight is 419 g/mol. The van der Waals surface area contributed by atoms with Crippen molar-refractivity contribution in [1.29, 1.82) is 0 Å². The van der Waals surface area contributed by atoms with Crippen molar-refractivity contribution in [2.45, 2.75) is 38.1 Å². The lowest BCUT2D eigenvalue weighted by Crippen LogP contribution is -2.47. The molecule has 0 saturated carbocycles. The second-order valence-corrected chi connectivity index (χ2v) is 8.21. The van der Waals surface area contributed by atoms with Crippen molar-refractivity contribution in [1.82, 2.24) is 9.80 Å². The van der Waals surface area contributed by atoms with Crippen molar-refractivity contribution in [3.05, 3.63) is 35.4 Å². The van der Waals surface area contributed by atoms with Crippen LogP contribution in [0.15, 0.2) is 24.3 Å². The predicted molar refractivity (Wildman–Crippen MR) is 110 cm³/mol. The summed E-state index contributed by atoms with van der Waals surface area (Å²) < 4.78 is 5.28. The summed E-state index contributed by atoms with van der Waals surface area (Å²) in [5.74, 6) is -1.35. The Morgan fingerprint density at radius 1 is 1.03 bits per heavy atom. The highest BCUT2D eigenvalue weighted by Gasteiger charge is 2.43. The topological polar surface area (TPSA) is 84.0 Å². The highest BCUT2D eigenvalue weighted by molar-refractivity contribution is 7.98. The zero-order chi connectivity index (χ0) is 20.8. The molecule has 1 aromatic rings. The largest absolute Gasteiger partial charge is 0.454 e. The minimum Gasteiger partial charge on any atom is -0.454 e. The van der Waals surface area contributed by atoms with E-state index < -0.39 is 23.8 Å². The molecule has 156 valence electrons. The first-order valence-corrected chi connectivity index (χ1v) is 11.3. The summed E-state index contributed by atoms with van der Waals surface area (Å²) in [6.07, 6.45) is 6.26. The van der Waals surface area contributed by atoms with Crippen LogP contribution in [0.5, 0.6) is 0 Å². The molecule has 0 aromatic heterocycles. The van der Waals surface area contributed by atoms with Gasteiger partial charge in [0.25, 0.3) is 17.7 Å². The summed E-state index contributed by atoms with van der Waals surface area (Å²) in [6, 6.07) is 5.49. The van der Waals surface area contributed by atoms with Crippen LogP contribution in [0, 0.1) is 0 Å². The molecule has 1 aromatic carbocycles. The third-order valence-electron chi connectivity index (χ3n) is 5.30. The Balaban J connectivity index is 1.68. The number of thioether (sulfide) groups is 1. The van der Waals surface area contributed by atoms with E-state index in [4.69, 9.17) is 4.74 Å². The maximum Gasteiger partial charge on any atom is 0.329 e. The number of hydrogen-bond donors (Lipinski definition) is 0. The number of carbonyl (C=O) groups excluding carboxylic acids is 4. The fourth-order valence-electron chi connectivity index (χ4n) is 3.71. The van der Waals surface area contributed by atoms with E-state index in [0.717, 1.165) is 30.6 Å². The van der Waals surface area contributed by atoms with E-state index in [1.165, 1.54) is 11.8 Å². The third kappa shape index (κ3) is 4.80. The molecule has 2 aliphatic heterocycles. The normalized spacial score (nSPS) is 17.7. The molecule has 1 saturated heterocycles. The highest BCUT2D eigenvalue weighted by Crippen LogP contribution is 2.26. The van der Waals surface area contributed by atoms with Crippen molar-refractivity contribution in [2.24, 2.45) is 0 Å². The van der Waals surface area contributed by atoms with Gasteiger partial charge in [-0.2, -0.15) is 11.8 Å². The number of esters is 1. The van der Waals surface area contributed by atoms with E-state index in [0.29, 0.717) is 30.0 Å². The van der Waals surface area contributed by atoms with Gasteiger partial charge >= 0.3 is 5.97 Å². The van der Waals surface area contributed by atoms with Crippen molar-refractivity contribution < 1.29 is 23.9 Å². The summed E-state index contributed by atoms with van der Waals surface area (Å²) >= 11 is 1.51. The molecule has 29 heavy (non-hydrogen) atoms. The van der Waals surface area contributed by atoms with Crippen LogP contribution in [-0.4, -0.2) is 71.2 Å². The van der Waals surface area contributed by atoms with Crippen LogP contribution >= 0.6 is 11.8 Å². The Bertz CT molecular complexity index is 754. The van der Waals surface area contributed by atoms with Crippen LogP contribution in [0.2, 0.25) is 0 Å². The molecule has 3 amide bonds. The molecule has 0 bridgehead atoms. The summed E-state index contributed by atoms with van der Waals surface area (Å²) in [4.78, 5) is 53.4. The van der Waals surface area contributed by atoms with Gasteiger partial charge in [-0.3, -0.25) is 19.3 Å². The van der Waals surface area contributed by atoms with Gasteiger partial charge in [0.15, 0.2) is 6.61 Å². The SMILES string of the molecule is CSCCC(C(=O)OCC(=O)N1CCCCCC1)N1C(=O)c2ccccc2C1=O. The number of carbonyl (C=O) groups is 4. The van der Waals surface area contributed by atoms with Crippen LogP contribution in [-0.2, 0) is 14.3 Å². The standard InChI is InChI=1S/C21H26N2O5S/c1-29-13-10-17(23-19(25)15-8-4-5-9-16(15)20(23)26)21(27)28-14-18(24)22-11-6-2-3-7-12-22/h4-5,8-9,17H,2-3,6-7,10-14H2,1H3. The third-order valence-corrected chi connectivity index (χ3v) is 5.95. The number of hydrogen-bond acceptors (Lipinski definition) is 6. The summed E-state index contributed by atoms with van der Waals surface area (Å²) in [5, 5.41) is 0. The second kappa shape index (κ2) is 9.91. The summed E-state index contributed by atoms with van der Waals surface area (Å²) in [7, 11) is 0. The van der Waals surface area contributed by atoms with E-state index in [1.54, 1.807) is 29.2 Å². The van der Waals surface area contributed by atoms with Gasteiger partial charge in [-0.05, 0) is 43.4 Å². The fraction of sp³-hybridized carbons (Fsp3) is 0.524. The minimum atomic E-state index is -1.04. The Morgan fingerprint density at radius 2 is 1.62 bits per heavy atom. The minimum absolute atomic E-state index is 0.230. The Kier molecular flexibility index (Phi) is 7.30. The molecule has 0 N–H and O–H groups in total. The van der Waals surface area contributed by atoms with Crippen LogP contribution in [0.25, 0.3) is 0 Å². The average Bonchev–Trinajstić information content (AvgIpc) is 2.92. The summed E-state index contributed by atoms with van der Waals surface area (Å²) in [6.45, 7) is 0.979. The van der Waals surface area contributed by atoms with Crippen molar-refractivity contribution >= 4 is 35.5 Å². The van der Waals surface area contributed by atoms with Gasteiger partial charge in [0.1, 0.15) is 6.04 Å². The lowest BCUT2D eigenvalue weighted by atomic mass is 10.1. The number of fused-ring (bicyclic) bond motifs is 1. The quantitative estimate of drug-likeness (QED) is 0.499. The van der Waals surface area contributed by atoms with E-state index >= 15 is 0 Å². The first kappa shape index (κ1) is 21.4. The molecular weight excluding hydrogens is 392 g/mol. The van der Waals surface area contributed by atoms with Crippen LogP contribution < -0.4 is 0 Å². The maximum absolute atomic E-state index is 12.8.